The highest BCUT2D eigenvalue weighted by atomic mass is 35.5. The van der Waals surface area contributed by atoms with Crippen molar-refractivity contribution in [2.24, 2.45) is 11.3 Å². The van der Waals surface area contributed by atoms with Crippen LogP contribution in [0.2, 0.25) is 5.02 Å². The first-order valence-corrected chi connectivity index (χ1v) is 7.96. The molecule has 0 radical (unpaired) electrons. The maximum Gasteiger partial charge on any atom is 0.0409 e. The van der Waals surface area contributed by atoms with Crippen LogP contribution in [0.4, 0.5) is 0 Å². The Morgan fingerprint density at radius 2 is 2.11 bits per heavy atom. The summed E-state index contributed by atoms with van der Waals surface area (Å²) in [7, 11) is 0. The molecule has 0 saturated heterocycles. The highest BCUT2D eigenvalue weighted by molar-refractivity contribution is 6.30. The van der Waals surface area contributed by atoms with Gasteiger partial charge in [0.1, 0.15) is 0 Å². The first kappa shape index (κ1) is 13.5. The molecule has 0 aromatic heterocycles. The summed E-state index contributed by atoms with van der Waals surface area (Å²) in [6.07, 6.45) is 6.82. The summed E-state index contributed by atoms with van der Waals surface area (Å²) in [5.74, 6) is 0.982. The van der Waals surface area contributed by atoms with Gasteiger partial charge in [0.05, 0.1) is 0 Å². The van der Waals surface area contributed by atoms with Crippen LogP contribution in [-0.4, -0.2) is 6.54 Å². The van der Waals surface area contributed by atoms with Crippen molar-refractivity contribution in [3.8, 4) is 0 Å². The van der Waals surface area contributed by atoms with E-state index in [1.807, 2.05) is 6.07 Å². The van der Waals surface area contributed by atoms with E-state index in [4.69, 9.17) is 11.6 Å². The van der Waals surface area contributed by atoms with Gasteiger partial charge in [-0.05, 0) is 54.0 Å². The van der Waals surface area contributed by atoms with E-state index in [0.29, 0.717) is 11.5 Å². The van der Waals surface area contributed by atoms with Gasteiger partial charge in [0.15, 0.2) is 0 Å². The number of nitrogens with one attached hydrogen (secondary N) is 1. The zero-order valence-electron chi connectivity index (χ0n) is 12.0. The van der Waals surface area contributed by atoms with Crippen molar-refractivity contribution >= 4 is 11.6 Å². The number of benzene rings is 1. The summed E-state index contributed by atoms with van der Waals surface area (Å²) in [6.45, 7) is 5.87. The quantitative estimate of drug-likeness (QED) is 0.838. The third-order valence-corrected chi connectivity index (χ3v) is 5.21. The molecule has 0 heterocycles. The van der Waals surface area contributed by atoms with Crippen LogP contribution < -0.4 is 5.32 Å². The largest absolute Gasteiger partial charge is 0.309 e. The van der Waals surface area contributed by atoms with Crippen molar-refractivity contribution in [2.45, 2.75) is 52.0 Å². The Morgan fingerprint density at radius 1 is 1.32 bits per heavy atom. The topological polar surface area (TPSA) is 12.0 Å². The Balaban J connectivity index is 1.69. The summed E-state index contributed by atoms with van der Waals surface area (Å²) in [5.41, 5.74) is 3.19. The fourth-order valence-corrected chi connectivity index (χ4v) is 3.79. The fraction of sp³-hybridized carbons (Fsp3) is 0.647. The number of rotatable bonds is 4. The van der Waals surface area contributed by atoms with Crippen LogP contribution in [0.3, 0.4) is 0 Å². The van der Waals surface area contributed by atoms with Gasteiger partial charge in [-0.25, -0.2) is 0 Å². The number of fused-ring (bicyclic) bond motifs is 1. The Hall–Kier alpha value is -0.530. The van der Waals surface area contributed by atoms with Crippen molar-refractivity contribution in [3.05, 3.63) is 34.3 Å². The molecule has 0 amide bonds. The van der Waals surface area contributed by atoms with Crippen LogP contribution in [0.15, 0.2) is 18.2 Å². The molecule has 2 aliphatic carbocycles. The molecule has 0 aliphatic heterocycles. The predicted molar refractivity (Wildman–Crippen MR) is 81.6 cm³/mol. The van der Waals surface area contributed by atoms with E-state index < -0.39 is 0 Å². The van der Waals surface area contributed by atoms with E-state index in [1.54, 1.807) is 0 Å². The molecule has 1 N–H and O–H groups in total. The number of hydrogen-bond acceptors (Lipinski definition) is 1. The molecule has 1 fully saturated rings. The second-order valence-corrected chi connectivity index (χ2v) is 7.42. The molecule has 104 valence electrons. The molecule has 1 unspecified atom stereocenters. The van der Waals surface area contributed by atoms with Gasteiger partial charge in [-0.1, -0.05) is 50.8 Å². The van der Waals surface area contributed by atoms with Gasteiger partial charge in [-0.3, -0.25) is 0 Å². The molecule has 1 aromatic rings. The molecular formula is C17H24ClN. The van der Waals surface area contributed by atoms with Gasteiger partial charge in [0.25, 0.3) is 0 Å². The highest BCUT2D eigenvalue weighted by Gasteiger charge is 2.38. The third-order valence-electron chi connectivity index (χ3n) is 4.97. The summed E-state index contributed by atoms with van der Waals surface area (Å²) < 4.78 is 0. The number of hydrogen-bond donors (Lipinski definition) is 1. The minimum atomic E-state index is 0.298. The fourth-order valence-electron chi connectivity index (χ4n) is 3.61. The maximum absolute atomic E-state index is 6.17. The molecule has 0 bridgehead atoms. The SMILES string of the molecule is CC1(C)Cc2ccc(Cl)cc2C1NCCC1CCC1. The van der Waals surface area contributed by atoms with Crippen molar-refractivity contribution in [2.75, 3.05) is 6.54 Å². The van der Waals surface area contributed by atoms with Gasteiger partial charge >= 0.3 is 0 Å². The minimum Gasteiger partial charge on any atom is -0.309 e. The van der Waals surface area contributed by atoms with Crippen LogP contribution in [0, 0.1) is 11.3 Å². The smallest absolute Gasteiger partial charge is 0.0409 e. The lowest BCUT2D eigenvalue weighted by Gasteiger charge is -2.31. The summed E-state index contributed by atoms with van der Waals surface area (Å²) in [6, 6.07) is 6.84. The van der Waals surface area contributed by atoms with Crippen LogP contribution >= 0.6 is 11.6 Å². The second kappa shape index (κ2) is 5.10. The van der Waals surface area contributed by atoms with Gasteiger partial charge in [0, 0.05) is 11.1 Å². The third kappa shape index (κ3) is 2.68. The van der Waals surface area contributed by atoms with Crippen molar-refractivity contribution < 1.29 is 0 Å². The molecule has 2 aliphatic rings. The lowest BCUT2D eigenvalue weighted by atomic mass is 9.82. The zero-order chi connectivity index (χ0) is 13.5. The van der Waals surface area contributed by atoms with Crippen LogP contribution in [0.5, 0.6) is 0 Å². The van der Waals surface area contributed by atoms with Crippen LogP contribution in [0.1, 0.15) is 56.7 Å². The van der Waals surface area contributed by atoms with Crippen LogP contribution in [-0.2, 0) is 6.42 Å². The summed E-state index contributed by atoms with van der Waals surface area (Å²) in [5, 5.41) is 4.66. The van der Waals surface area contributed by atoms with Crippen molar-refractivity contribution in [1.29, 1.82) is 0 Å². The highest BCUT2D eigenvalue weighted by Crippen LogP contribution is 2.46. The minimum absolute atomic E-state index is 0.298. The normalized spacial score (nSPS) is 25.1. The first-order valence-electron chi connectivity index (χ1n) is 7.58. The molecule has 3 rings (SSSR count). The van der Waals surface area contributed by atoms with E-state index in [2.05, 4.69) is 31.3 Å². The first-order chi connectivity index (χ1) is 9.06. The van der Waals surface area contributed by atoms with Gasteiger partial charge in [-0.15, -0.1) is 0 Å². The van der Waals surface area contributed by atoms with E-state index >= 15 is 0 Å². The Morgan fingerprint density at radius 3 is 2.79 bits per heavy atom. The predicted octanol–water partition coefficient (Wildman–Crippen LogP) is 4.74. The summed E-state index contributed by atoms with van der Waals surface area (Å²) in [4.78, 5) is 0. The summed E-state index contributed by atoms with van der Waals surface area (Å²) >= 11 is 6.17. The molecule has 1 atom stereocenters. The molecule has 1 nitrogen and oxygen atoms in total. The average Bonchev–Trinajstić information content (AvgIpc) is 2.53. The molecular weight excluding hydrogens is 254 g/mol. The molecule has 2 heteroatoms. The average molecular weight is 278 g/mol. The molecule has 19 heavy (non-hydrogen) atoms. The Bertz CT molecular complexity index is 462. The van der Waals surface area contributed by atoms with E-state index in [1.165, 1.54) is 36.8 Å². The molecule has 1 saturated carbocycles. The lowest BCUT2D eigenvalue weighted by molar-refractivity contribution is 0.243. The van der Waals surface area contributed by atoms with E-state index in [9.17, 15) is 0 Å². The van der Waals surface area contributed by atoms with Crippen molar-refractivity contribution in [3.63, 3.8) is 0 Å². The van der Waals surface area contributed by atoms with E-state index in [-0.39, 0.29) is 0 Å². The Labute approximate surface area is 121 Å². The maximum atomic E-state index is 6.17. The van der Waals surface area contributed by atoms with E-state index in [0.717, 1.165) is 23.9 Å². The van der Waals surface area contributed by atoms with Crippen molar-refractivity contribution in [1.82, 2.24) is 5.32 Å². The molecule has 1 aromatic carbocycles. The van der Waals surface area contributed by atoms with Gasteiger partial charge in [-0.2, -0.15) is 0 Å². The molecule has 0 spiro atoms. The standard InChI is InChI=1S/C17H24ClN/c1-17(2)11-13-6-7-14(18)10-15(13)16(17)19-9-8-12-4-3-5-12/h6-7,10,12,16,19H,3-5,8-9,11H2,1-2H3. The lowest BCUT2D eigenvalue weighted by Crippen LogP contribution is -2.33. The number of halogens is 1. The van der Waals surface area contributed by atoms with Gasteiger partial charge in [0.2, 0.25) is 0 Å². The van der Waals surface area contributed by atoms with Crippen LogP contribution in [0.25, 0.3) is 0 Å². The Kier molecular flexibility index (Phi) is 3.61. The van der Waals surface area contributed by atoms with Gasteiger partial charge < -0.3 is 5.32 Å². The zero-order valence-corrected chi connectivity index (χ0v) is 12.8. The monoisotopic (exact) mass is 277 g/mol. The second-order valence-electron chi connectivity index (χ2n) is 6.98.